The van der Waals surface area contributed by atoms with Gasteiger partial charge in [0, 0.05) is 57.3 Å². The zero-order chi connectivity index (χ0) is 60.9. The van der Waals surface area contributed by atoms with E-state index in [1.54, 1.807) is 69.8 Å². The molecular weight excluding hydrogens is 1100 g/mol. The number of amides is 3. The minimum Gasteiger partial charge on any atom is -0.493 e. The molecule has 1 aliphatic heterocycles. The quantitative estimate of drug-likeness (QED) is 0.0228. The Morgan fingerprint density at radius 3 is 1.80 bits per heavy atom. The normalized spacial score (nSPS) is 12.4. The number of anilines is 1. The van der Waals surface area contributed by atoms with Crippen LogP contribution in [0.1, 0.15) is 78.3 Å². The summed E-state index contributed by atoms with van der Waals surface area (Å²) in [7, 11) is 10.7. The monoisotopic (exact) mass is 1180 g/mol. The topological polar surface area (TPSA) is 267 Å². The van der Waals surface area contributed by atoms with Gasteiger partial charge in [0.25, 0.3) is 17.5 Å². The smallest absolute Gasteiger partial charge is 0.399 e. The minimum atomic E-state index is -0.757. The molecule has 4 N–H and O–H groups in total. The fourth-order valence-electron chi connectivity index (χ4n) is 9.24. The lowest BCUT2D eigenvalue weighted by Gasteiger charge is -2.21. The number of nitrogen functional groups attached to an aromatic ring is 1. The highest BCUT2D eigenvalue weighted by Gasteiger charge is 2.35. The van der Waals surface area contributed by atoms with Gasteiger partial charge in [-0.15, -0.1) is 0 Å². The molecule has 0 bridgehead atoms. The lowest BCUT2D eigenvalue weighted by Crippen LogP contribution is -2.38. The number of carbonyl (C=O) groups is 4. The number of hydrogen-bond donors (Lipinski definition) is 3. The molecule has 1 aromatic heterocycles. The summed E-state index contributed by atoms with van der Waals surface area (Å²) < 4.78 is 75.1. The van der Waals surface area contributed by atoms with E-state index >= 15 is 0 Å². The van der Waals surface area contributed by atoms with Gasteiger partial charge in [-0.05, 0) is 110 Å². The molecule has 0 aliphatic carbocycles. The lowest BCUT2D eigenvalue weighted by atomic mass is 10.00. The van der Waals surface area contributed by atoms with Crippen molar-refractivity contribution in [3.63, 3.8) is 0 Å². The molecule has 0 saturated heterocycles. The van der Waals surface area contributed by atoms with Gasteiger partial charge in [-0.1, -0.05) is 18.2 Å². The Morgan fingerprint density at radius 1 is 0.624 bits per heavy atom. The van der Waals surface area contributed by atoms with E-state index < -0.39 is 12.1 Å². The zero-order valence-corrected chi connectivity index (χ0v) is 50.0. The van der Waals surface area contributed by atoms with Crippen LogP contribution in [0.25, 0.3) is 0 Å². The molecule has 0 spiro atoms. The van der Waals surface area contributed by atoms with Crippen LogP contribution in [0.3, 0.4) is 0 Å². The third kappa shape index (κ3) is 20.4. The van der Waals surface area contributed by atoms with Crippen LogP contribution in [-0.2, 0) is 57.4 Å². The summed E-state index contributed by atoms with van der Waals surface area (Å²) in [4.78, 5) is 62.1. The van der Waals surface area contributed by atoms with Crippen molar-refractivity contribution in [2.45, 2.75) is 70.8 Å². The molecule has 4 aromatic carbocycles. The van der Waals surface area contributed by atoms with Crippen LogP contribution in [0.5, 0.6) is 51.7 Å². The molecule has 23 heteroatoms. The summed E-state index contributed by atoms with van der Waals surface area (Å²) in [5.74, 6) is 3.42. The van der Waals surface area contributed by atoms with Crippen molar-refractivity contribution in [1.29, 1.82) is 0 Å². The number of nitrogens with zero attached hydrogens (tertiary/aromatic N) is 3. The standard InChI is InChI=1S/C62H80N6O17/c1-41-66-38-46(61(63)67-41)30-43-32-54(77-6)60(55(33-43)78-7)84-40-57(70)65-22-13-25-81-27-29-82-28-26-80-24-12-21-64-56(69)39-83-47-15-11-14-45(37-47)49(19-17-42-18-20-50(73-2)51(31-42)74-3)85-62(72)48-16-9-10-23-68(48)58(71)36-44-34-52(75-4)59(79-8)53(35-44)76-5/h11,14-15,18,20,31-35,37-38,49H,9-10,12-13,16-17,19,21-30,36,39-40H2,1-8H3,(H3-,63,64,65,66,67,69,70)/p+1/t49-/m1/s1. The van der Waals surface area contributed by atoms with E-state index in [2.05, 4.69) is 20.6 Å². The first kappa shape index (κ1) is 65.7. The Kier molecular flexibility index (Phi) is 27.1. The number of esters is 1. The van der Waals surface area contributed by atoms with Crippen LogP contribution in [0.15, 0.2) is 72.9 Å². The molecule has 0 radical (unpaired) electrons. The van der Waals surface area contributed by atoms with Gasteiger partial charge < -0.3 is 77.9 Å². The van der Waals surface area contributed by atoms with E-state index in [4.69, 9.17) is 67.3 Å². The van der Waals surface area contributed by atoms with Crippen LogP contribution in [0, 0.1) is 6.92 Å². The van der Waals surface area contributed by atoms with Crippen LogP contribution in [0.2, 0.25) is 0 Å². The number of aryl methyl sites for hydroxylation is 2. The Labute approximate surface area is 496 Å². The fourth-order valence-corrected chi connectivity index (χ4v) is 9.24. The van der Waals surface area contributed by atoms with Gasteiger partial charge in [0.2, 0.25) is 11.5 Å². The molecule has 0 saturated carbocycles. The van der Waals surface area contributed by atoms with Crippen molar-refractivity contribution >= 4 is 35.2 Å². The Bertz CT molecular complexity index is 2980. The van der Waals surface area contributed by atoms with E-state index in [1.165, 1.54) is 40.1 Å². The molecule has 5 aromatic rings. The van der Waals surface area contributed by atoms with Gasteiger partial charge in [-0.2, -0.15) is 4.58 Å². The van der Waals surface area contributed by atoms with E-state index in [9.17, 15) is 19.2 Å². The largest absolute Gasteiger partial charge is 0.493 e. The maximum Gasteiger partial charge on any atom is 0.399 e. The zero-order valence-electron chi connectivity index (χ0n) is 50.0. The lowest BCUT2D eigenvalue weighted by molar-refractivity contribution is -0.454. The first-order chi connectivity index (χ1) is 41.3. The number of rotatable bonds is 37. The third-order valence-corrected chi connectivity index (χ3v) is 13.6. The average Bonchev–Trinajstić information content (AvgIpc) is 3.00. The molecule has 2 heterocycles. The molecular formula is C62H81N6O17+. The van der Waals surface area contributed by atoms with E-state index in [0.717, 1.165) is 23.1 Å². The Hall–Kier alpha value is -8.41. The van der Waals surface area contributed by atoms with E-state index in [1.807, 2.05) is 24.3 Å². The molecule has 3 amide bonds. The van der Waals surface area contributed by atoms with Crippen molar-refractivity contribution < 1.29 is 85.3 Å². The van der Waals surface area contributed by atoms with Crippen LogP contribution in [-0.4, -0.2) is 166 Å². The number of methoxy groups -OCH3 is 7. The summed E-state index contributed by atoms with van der Waals surface area (Å²) in [6.07, 6.45) is 5.20. The maximum atomic E-state index is 14.2. The summed E-state index contributed by atoms with van der Waals surface area (Å²) in [5.41, 5.74) is 10.2. The van der Waals surface area contributed by atoms with Gasteiger partial charge in [0.05, 0.1) is 82.6 Å². The Morgan fingerprint density at radius 2 is 1.20 bits per heavy atom. The Balaban J connectivity index is 0.875. The van der Waals surface area contributed by atoms with E-state index in [0.29, 0.717) is 179 Å². The SMILES string of the molecule is COc1ccc(CC[C@@H](OC(=O)C2=[N+](C(=O)Cc3cc(OC)c(OC)c(OC)c3)CCCC2)c2cccc(OCC(=O)NCCCOCCOCCOCCCNC(=O)COc3c(OC)cc(Cc4cnc(C)nc4N)cc3OC)c2)cc1OC. The fraction of sp³-hybridized carbons (Fsp3) is 0.468. The summed E-state index contributed by atoms with van der Waals surface area (Å²) >= 11 is 0. The van der Waals surface area contributed by atoms with Crippen molar-refractivity contribution in [2.24, 2.45) is 0 Å². The first-order valence-corrected chi connectivity index (χ1v) is 28.1. The first-order valence-electron chi connectivity index (χ1n) is 28.1. The number of nitrogens with one attached hydrogen (secondary N) is 2. The second kappa shape index (κ2) is 35.0. The van der Waals surface area contributed by atoms with Gasteiger partial charge in [-0.3, -0.25) is 9.59 Å². The van der Waals surface area contributed by atoms with Crippen molar-refractivity contribution in [1.82, 2.24) is 20.6 Å². The van der Waals surface area contributed by atoms with Crippen LogP contribution < -0.4 is 59.0 Å². The molecule has 23 nitrogen and oxygen atoms in total. The number of carbonyl (C=O) groups excluding carboxylic acids is 4. The second-order valence-electron chi connectivity index (χ2n) is 19.5. The van der Waals surface area contributed by atoms with Crippen LogP contribution in [0.4, 0.5) is 5.82 Å². The predicted octanol–water partition coefficient (Wildman–Crippen LogP) is 6.16. The highest BCUT2D eigenvalue weighted by molar-refractivity contribution is 6.35. The number of ether oxygens (including phenoxy) is 13. The summed E-state index contributed by atoms with van der Waals surface area (Å²) in [5, 5.41) is 5.68. The van der Waals surface area contributed by atoms with Gasteiger partial charge in [0.15, 0.2) is 54.3 Å². The molecule has 0 unspecified atom stereocenters. The molecule has 0 fully saturated rings. The average molecular weight is 1180 g/mol. The maximum absolute atomic E-state index is 14.2. The van der Waals surface area contributed by atoms with Gasteiger partial charge in [0.1, 0.15) is 23.5 Å². The highest BCUT2D eigenvalue weighted by Crippen LogP contribution is 2.40. The molecule has 85 heavy (non-hydrogen) atoms. The van der Waals surface area contributed by atoms with Crippen molar-refractivity contribution in [2.75, 3.05) is 128 Å². The van der Waals surface area contributed by atoms with Gasteiger partial charge in [-0.25, -0.2) is 19.6 Å². The number of aromatic nitrogens is 2. The number of benzene rings is 4. The summed E-state index contributed by atoms with van der Waals surface area (Å²) in [6.45, 7) is 4.76. The molecule has 1 aliphatic rings. The minimum absolute atomic E-state index is 0.0171. The summed E-state index contributed by atoms with van der Waals surface area (Å²) in [6, 6.07) is 19.8. The predicted molar refractivity (Wildman–Crippen MR) is 314 cm³/mol. The third-order valence-electron chi connectivity index (χ3n) is 13.6. The molecule has 460 valence electrons. The number of hydrogen-bond acceptors (Lipinski definition) is 20. The highest BCUT2D eigenvalue weighted by atomic mass is 16.6. The molecule has 1 atom stereocenters. The van der Waals surface area contributed by atoms with Gasteiger partial charge >= 0.3 is 11.9 Å². The second-order valence-corrected chi connectivity index (χ2v) is 19.5. The number of nitrogens with two attached hydrogens (primary N) is 1. The van der Waals surface area contributed by atoms with E-state index in [-0.39, 0.29) is 43.1 Å². The molecule has 6 rings (SSSR count). The van der Waals surface area contributed by atoms with Crippen molar-refractivity contribution in [3.05, 3.63) is 107 Å². The van der Waals surface area contributed by atoms with Crippen molar-refractivity contribution in [3.8, 4) is 51.7 Å². The van der Waals surface area contributed by atoms with Crippen LogP contribution >= 0.6 is 0 Å².